The van der Waals surface area contributed by atoms with Gasteiger partial charge in [0.15, 0.2) is 20.2 Å². The third kappa shape index (κ3) is 10.7. The molecule has 0 radical (unpaired) electrons. The molecule has 3 rings (SSSR count). The normalized spacial score (nSPS) is 38.4. The van der Waals surface area contributed by atoms with Gasteiger partial charge in [-0.2, -0.15) is 0 Å². The Labute approximate surface area is 325 Å². The quantitative estimate of drug-likeness (QED) is 0.146. The van der Waals surface area contributed by atoms with Crippen molar-refractivity contribution in [3.63, 3.8) is 0 Å². The Kier molecular flexibility index (Phi) is 16.3. The largest absolute Gasteiger partial charge is 0.452 e. The van der Waals surface area contributed by atoms with E-state index in [1.54, 1.807) is 14.0 Å². The summed E-state index contributed by atoms with van der Waals surface area (Å²) < 4.78 is 30.9. The van der Waals surface area contributed by atoms with Crippen LogP contribution in [-0.4, -0.2) is 116 Å². The fourth-order valence-corrected chi connectivity index (χ4v) is 9.62. The summed E-state index contributed by atoms with van der Waals surface area (Å²) in [5.41, 5.74) is 1.08. The van der Waals surface area contributed by atoms with Gasteiger partial charge in [0, 0.05) is 38.5 Å². The molecule has 0 spiro atoms. The summed E-state index contributed by atoms with van der Waals surface area (Å²) >= 11 is 0. The predicted octanol–water partition coefficient (Wildman–Crippen LogP) is 5.76. The summed E-state index contributed by atoms with van der Waals surface area (Å²) in [6.07, 6.45) is 1.10. The van der Waals surface area contributed by atoms with Gasteiger partial charge in [0.25, 0.3) is 11.7 Å². The van der Waals surface area contributed by atoms with E-state index in [9.17, 15) is 29.4 Å². The average Bonchev–Trinajstić information content (AvgIpc) is 3.10. The number of hydrogen-bond donors (Lipinski definition) is 2. The molecule has 3 aliphatic rings. The van der Waals surface area contributed by atoms with E-state index < -0.39 is 86.3 Å². The standard InChI is InChI=1S/C41H71NO11Si/c1-14-29-20-24(2)19-25(3)21-33(49-10)36-34(50-11)22-26(4)41(48,52-36)37(45)38(46)42-18-16-15-17-30(42)39(47)51-35(28(6)43)27(5)32(23-31(29)44)53-54(12,13)40(7,8)9/h20,25-27,29-36,44,48H,14-19,21-23H2,1-13H3/b24-20+/t25-,26+,27+,29+,30-,31-,32-,33-,34-,35-,36+,41+/m0/s1. The maximum absolute atomic E-state index is 14.1. The maximum Gasteiger partial charge on any atom is 0.329 e. The number of allylic oxidation sites excluding steroid dienone is 1. The lowest BCUT2D eigenvalue weighted by molar-refractivity contribution is -0.302. The van der Waals surface area contributed by atoms with Gasteiger partial charge in [0.2, 0.25) is 5.79 Å². The number of ketones is 2. The minimum Gasteiger partial charge on any atom is -0.452 e. The van der Waals surface area contributed by atoms with Crippen LogP contribution in [0.1, 0.15) is 114 Å². The number of nitrogens with zero attached hydrogens (tertiary/aromatic N) is 1. The molecule has 2 N–H and O–H groups in total. The van der Waals surface area contributed by atoms with E-state index in [4.69, 9.17) is 23.4 Å². The maximum atomic E-state index is 14.1. The summed E-state index contributed by atoms with van der Waals surface area (Å²) in [6.45, 7) is 21.6. The van der Waals surface area contributed by atoms with Crippen molar-refractivity contribution in [1.82, 2.24) is 4.90 Å². The SMILES string of the molecule is CC[C@@H]1/C=C(\C)C[C@H](C)C[C@H](OC)[C@H]2O[C@@](O)(C(=O)C(=O)N3CCCC[C@H]3C(=O)O[C@H](C(C)=O)[C@H](C)[C@@H](O[Si](C)(C)C(C)(C)C)C[C@@H]1O)[C@H](C)C[C@@H]2OC. The lowest BCUT2D eigenvalue weighted by atomic mass is 9.82. The number of amides is 1. The minimum atomic E-state index is -2.49. The van der Waals surface area contributed by atoms with E-state index in [0.717, 1.165) is 10.5 Å². The Balaban J connectivity index is 2.16. The van der Waals surface area contributed by atoms with Crippen molar-refractivity contribution in [3.8, 4) is 0 Å². The van der Waals surface area contributed by atoms with Gasteiger partial charge in [-0.25, -0.2) is 4.79 Å². The summed E-state index contributed by atoms with van der Waals surface area (Å²) in [6, 6.07) is -1.15. The number of piperidine rings is 1. The Morgan fingerprint density at radius 3 is 2.19 bits per heavy atom. The van der Waals surface area contributed by atoms with Crippen molar-refractivity contribution < 1.29 is 52.8 Å². The smallest absolute Gasteiger partial charge is 0.329 e. The van der Waals surface area contributed by atoms with Crippen molar-refractivity contribution in [1.29, 1.82) is 0 Å². The van der Waals surface area contributed by atoms with Gasteiger partial charge in [0.1, 0.15) is 12.1 Å². The highest BCUT2D eigenvalue weighted by Crippen LogP contribution is 2.41. The summed E-state index contributed by atoms with van der Waals surface area (Å²) in [5, 5.41) is 23.6. The number of carbonyl (C=O) groups is 4. The molecule has 2 fully saturated rings. The van der Waals surface area contributed by atoms with Crippen LogP contribution in [0.4, 0.5) is 0 Å². The molecule has 0 unspecified atom stereocenters. The van der Waals surface area contributed by atoms with Crippen LogP contribution in [0.3, 0.4) is 0 Å². The molecule has 12 atom stereocenters. The molecule has 12 nitrogen and oxygen atoms in total. The molecule has 3 aliphatic heterocycles. The number of aliphatic hydroxyl groups is 2. The Morgan fingerprint density at radius 2 is 1.63 bits per heavy atom. The molecule has 1 amide bonds. The van der Waals surface area contributed by atoms with Crippen LogP contribution in [-0.2, 0) is 42.6 Å². The highest BCUT2D eigenvalue weighted by molar-refractivity contribution is 6.74. The number of hydrogen-bond acceptors (Lipinski definition) is 11. The van der Waals surface area contributed by atoms with Crippen LogP contribution in [0.5, 0.6) is 0 Å². The van der Waals surface area contributed by atoms with Gasteiger partial charge in [-0.1, -0.05) is 60.1 Å². The molecule has 0 aromatic heterocycles. The third-order valence-electron chi connectivity index (χ3n) is 12.7. The highest BCUT2D eigenvalue weighted by atomic mass is 28.4. The van der Waals surface area contributed by atoms with Gasteiger partial charge in [0.05, 0.1) is 24.4 Å². The zero-order valence-corrected chi connectivity index (χ0v) is 36.3. The fraction of sp³-hybridized carbons (Fsp3) is 0.854. The summed E-state index contributed by atoms with van der Waals surface area (Å²) in [4.78, 5) is 56.8. The van der Waals surface area contributed by atoms with Gasteiger partial charge >= 0.3 is 5.97 Å². The fourth-order valence-electron chi connectivity index (χ4n) is 8.19. The van der Waals surface area contributed by atoms with Gasteiger partial charge in [-0.05, 0) is 89.3 Å². The molecule has 2 bridgehead atoms. The number of ether oxygens (including phenoxy) is 4. The second-order valence-electron chi connectivity index (χ2n) is 18.0. The molecule has 0 aromatic carbocycles. The second-order valence-corrected chi connectivity index (χ2v) is 22.7. The van der Waals surface area contributed by atoms with Crippen molar-refractivity contribution >= 4 is 31.8 Å². The second kappa shape index (κ2) is 19.0. The molecular formula is C41H71NO11Si. The molecule has 0 saturated carbocycles. The van der Waals surface area contributed by atoms with Crippen LogP contribution in [0, 0.1) is 23.7 Å². The first-order valence-corrected chi connectivity index (χ1v) is 23.0. The molecule has 54 heavy (non-hydrogen) atoms. The number of rotatable bonds is 6. The lowest BCUT2D eigenvalue weighted by Crippen LogP contribution is -2.64. The average molecular weight is 782 g/mol. The predicted molar refractivity (Wildman–Crippen MR) is 208 cm³/mol. The number of methoxy groups -OCH3 is 2. The van der Waals surface area contributed by atoms with E-state index in [-0.39, 0.29) is 48.5 Å². The molecule has 2 saturated heterocycles. The van der Waals surface area contributed by atoms with E-state index >= 15 is 0 Å². The van der Waals surface area contributed by atoms with Crippen molar-refractivity contribution in [3.05, 3.63) is 11.6 Å². The van der Waals surface area contributed by atoms with E-state index in [1.165, 1.54) is 14.0 Å². The number of Topliss-reactive ketones (excluding diaryl/α,β-unsaturated/α-hetero) is 2. The third-order valence-corrected chi connectivity index (χ3v) is 17.2. The van der Waals surface area contributed by atoms with E-state index in [1.807, 2.05) is 20.8 Å². The van der Waals surface area contributed by atoms with Crippen LogP contribution >= 0.6 is 0 Å². The number of aliphatic hydroxyl groups excluding tert-OH is 1. The topological polar surface area (TPSA) is 158 Å². The molecule has 310 valence electrons. The molecular weight excluding hydrogens is 711 g/mol. The Morgan fingerprint density at radius 1 is 1.02 bits per heavy atom. The number of carbonyl (C=O) groups excluding carboxylic acids is 4. The first-order valence-electron chi connectivity index (χ1n) is 20.1. The number of esters is 1. The number of cyclic esters (lactones) is 1. The lowest BCUT2D eigenvalue weighted by Gasteiger charge is -2.47. The minimum absolute atomic E-state index is 0.0733. The Hall–Kier alpha value is -2.00. The first kappa shape index (κ1) is 46.4. The van der Waals surface area contributed by atoms with Crippen LogP contribution < -0.4 is 0 Å². The van der Waals surface area contributed by atoms with Crippen molar-refractivity contribution in [2.24, 2.45) is 23.7 Å². The summed E-state index contributed by atoms with van der Waals surface area (Å²) in [5.74, 6) is -7.49. The zero-order chi connectivity index (χ0) is 40.9. The highest BCUT2D eigenvalue weighted by Gasteiger charge is 2.56. The zero-order valence-electron chi connectivity index (χ0n) is 35.3. The van der Waals surface area contributed by atoms with Gasteiger partial charge in [-0.3, -0.25) is 14.4 Å². The van der Waals surface area contributed by atoms with Crippen LogP contribution in [0.2, 0.25) is 18.1 Å². The van der Waals surface area contributed by atoms with Crippen molar-refractivity contribution in [2.45, 2.75) is 180 Å². The molecule has 0 aromatic rings. The van der Waals surface area contributed by atoms with E-state index in [0.29, 0.717) is 32.1 Å². The number of fused-ring (bicyclic) bond motifs is 3. The molecule has 13 heteroatoms. The monoisotopic (exact) mass is 781 g/mol. The van der Waals surface area contributed by atoms with Crippen LogP contribution in [0.25, 0.3) is 0 Å². The molecule has 0 aliphatic carbocycles. The molecule has 3 heterocycles. The van der Waals surface area contributed by atoms with Crippen LogP contribution in [0.15, 0.2) is 11.6 Å². The van der Waals surface area contributed by atoms with E-state index in [2.05, 4.69) is 46.9 Å². The van der Waals surface area contributed by atoms with Gasteiger partial charge in [-0.15, -0.1) is 0 Å². The van der Waals surface area contributed by atoms with Gasteiger partial charge < -0.3 is 38.5 Å². The first-order chi connectivity index (χ1) is 25.0. The van der Waals surface area contributed by atoms with Crippen molar-refractivity contribution in [2.75, 3.05) is 20.8 Å². The summed E-state index contributed by atoms with van der Waals surface area (Å²) in [7, 11) is 0.626. The Bertz CT molecular complexity index is 1350.